The molecular weight excluding hydrogens is 394 g/mol. The van der Waals surface area contributed by atoms with Crippen LogP contribution in [0.1, 0.15) is 21.7 Å². The van der Waals surface area contributed by atoms with E-state index in [-0.39, 0.29) is 5.91 Å². The maximum Gasteiger partial charge on any atom is 0.229 e. The number of hydrogen-bond acceptors (Lipinski definition) is 6. The second-order valence-corrected chi connectivity index (χ2v) is 8.89. The summed E-state index contributed by atoms with van der Waals surface area (Å²) in [6.07, 6.45) is 0.302. The lowest BCUT2D eigenvalue weighted by Gasteiger charge is -2.37. The Morgan fingerprint density at radius 1 is 1.00 bits per heavy atom. The number of carbonyl (C=O) groups is 1. The molecule has 1 saturated heterocycles. The second kappa shape index (κ2) is 8.83. The first-order valence-corrected chi connectivity index (χ1v) is 11.1. The maximum absolute atomic E-state index is 12.8. The molecule has 1 aliphatic heterocycles. The van der Waals surface area contributed by atoms with Gasteiger partial charge in [-0.3, -0.25) is 4.79 Å². The molecule has 0 atom stereocenters. The molecule has 2 aromatic carbocycles. The van der Waals surface area contributed by atoms with E-state index >= 15 is 0 Å². The quantitative estimate of drug-likeness (QED) is 0.672. The van der Waals surface area contributed by atoms with Crippen molar-refractivity contribution in [2.45, 2.75) is 27.2 Å². The van der Waals surface area contributed by atoms with Crippen molar-refractivity contribution in [3.8, 4) is 0 Å². The van der Waals surface area contributed by atoms with E-state index in [2.05, 4.69) is 71.5 Å². The first-order chi connectivity index (χ1) is 14.5. The first kappa shape index (κ1) is 20.3. The number of anilines is 3. The fourth-order valence-corrected chi connectivity index (χ4v) is 4.47. The highest BCUT2D eigenvalue weighted by Gasteiger charge is 2.23. The third kappa shape index (κ3) is 4.79. The predicted octanol–water partition coefficient (Wildman–Crippen LogP) is 4.10. The molecular formula is C23H27N5OS. The van der Waals surface area contributed by atoms with Gasteiger partial charge in [-0.25, -0.2) is 0 Å². The molecule has 0 aliphatic carbocycles. The lowest BCUT2D eigenvalue weighted by Crippen LogP contribution is -2.49. The first-order valence-electron chi connectivity index (χ1n) is 10.2. The smallest absolute Gasteiger partial charge is 0.229 e. The minimum Gasteiger partial charge on any atom is -0.368 e. The van der Waals surface area contributed by atoms with Gasteiger partial charge in [0.15, 0.2) is 0 Å². The van der Waals surface area contributed by atoms with E-state index in [0.29, 0.717) is 11.6 Å². The van der Waals surface area contributed by atoms with Crippen LogP contribution in [0, 0.1) is 20.8 Å². The van der Waals surface area contributed by atoms with Crippen molar-refractivity contribution < 1.29 is 4.79 Å². The average molecular weight is 422 g/mol. The largest absolute Gasteiger partial charge is 0.368 e. The van der Waals surface area contributed by atoms with E-state index in [1.54, 1.807) is 0 Å². The highest BCUT2D eigenvalue weighted by atomic mass is 32.1. The Bertz CT molecular complexity index is 1040. The number of benzene rings is 2. The van der Waals surface area contributed by atoms with E-state index in [1.165, 1.54) is 33.7 Å². The van der Waals surface area contributed by atoms with Crippen LogP contribution in [0.15, 0.2) is 42.5 Å². The van der Waals surface area contributed by atoms with Crippen LogP contribution in [0.25, 0.3) is 0 Å². The van der Waals surface area contributed by atoms with Gasteiger partial charge in [-0.15, -0.1) is 10.2 Å². The number of aryl methyl sites for hydroxylation is 3. The second-order valence-electron chi connectivity index (χ2n) is 7.83. The Morgan fingerprint density at radius 3 is 2.53 bits per heavy atom. The zero-order valence-corrected chi connectivity index (χ0v) is 18.5. The van der Waals surface area contributed by atoms with Gasteiger partial charge < -0.3 is 15.1 Å². The number of rotatable bonds is 5. The number of aromatic nitrogens is 2. The molecule has 0 radical (unpaired) electrons. The van der Waals surface area contributed by atoms with Gasteiger partial charge >= 0.3 is 0 Å². The molecule has 0 bridgehead atoms. The van der Waals surface area contributed by atoms with Crippen LogP contribution >= 0.6 is 11.3 Å². The summed E-state index contributed by atoms with van der Waals surface area (Å²) < 4.78 is 0. The molecule has 1 fully saturated rings. The van der Waals surface area contributed by atoms with Crippen molar-refractivity contribution in [1.82, 2.24) is 15.1 Å². The summed E-state index contributed by atoms with van der Waals surface area (Å²) in [7, 11) is 0. The third-order valence-electron chi connectivity index (χ3n) is 5.38. The van der Waals surface area contributed by atoms with Gasteiger partial charge in [-0.1, -0.05) is 35.6 Å². The number of carbonyl (C=O) groups excluding carboxylic acids is 1. The van der Waals surface area contributed by atoms with Crippen LogP contribution in [-0.2, 0) is 11.2 Å². The highest BCUT2D eigenvalue weighted by Crippen LogP contribution is 2.24. The van der Waals surface area contributed by atoms with Crippen molar-refractivity contribution >= 4 is 33.8 Å². The van der Waals surface area contributed by atoms with Crippen LogP contribution < -0.4 is 10.2 Å². The van der Waals surface area contributed by atoms with Crippen molar-refractivity contribution in [2.75, 3.05) is 36.4 Å². The standard InChI is InChI=1S/C23H27N5OS/c1-16-5-4-6-19(13-16)24-23-26-25-21(30-23)15-22(29)28-11-9-27(10-12-28)20-14-17(2)7-8-18(20)3/h4-8,13-14H,9-12,15H2,1-3H3,(H,24,26). The summed E-state index contributed by atoms with van der Waals surface area (Å²) in [5, 5.41) is 13.1. The van der Waals surface area contributed by atoms with Crippen LogP contribution in [0.4, 0.5) is 16.5 Å². The molecule has 30 heavy (non-hydrogen) atoms. The fourth-order valence-electron chi connectivity index (χ4n) is 3.72. The van der Waals surface area contributed by atoms with Crippen molar-refractivity contribution in [3.63, 3.8) is 0 Å². The Labute approximate surface area is 181 Å². The molecule has 7 heteroatoms. The zero-order chi connectivity index (χ0) is 21.1. The van der Waals surface area contributed by atoms with Crippen LogP contribution in [0.5, 0.6) is 0 Å². The van der Waals surface area contributed by atoms with Crippen molar-refractivity contribution in [1.29, 1.82) is 0 Å². The number of nitrogens with one attached hydrogen (secondary N) is 1. The van der Waals surface area contributed by atoms with E-state index in [0.717, 1.165) is 36.9 Å². The fraction of sp³-hybridized carbons (Fsp3) is 0.348. The highest BCUT2D eigenvalue weighted by molar-refractivity contribution is 7.15. The van der Waals surface area contributed by atoms with Crippen LogP contribution in [0.3, 0.4) is 0 Å². The average Bonchev–Trinajstić information content (AvgIpc) is 3.16. The van der Waals surface area contributed by atoms with Crippen LogP contribution in [0.2, 0.25) is 0 Å². The Balaban J connectivity index is 1.32. The molecule has 0 saturated carbocycles. The summed E-state index contributed by atoms with van der Waals surface area (Å²) in [6.45, 7) is 9.49. The number of nitrogens with zero attached hydrogens (tertiary/aromatic N) is 4. The predicted molar refractivity (Wildman–Crippen MR) is 123 cm³/mol. The van der Waals surface area contributed by atoms with Gasteiger partial charge in [-0.05, 0) is 55.7 Å². The van der Waals surface area contributed by atoms with E-state index in [9.17, 15) is 4.79 Å². The molecule has 0 unspecified atom stereocenters. The molecule has 2 heterocycles. The third-order valence-corrected chi connectivity index (χ3v) is 6.22. The van der Waals surface area contributed by atoms with Gasteiger partial charge in [-0.2, -0.15) is 0 Å². The molecule has 3 aromatic rings. The SMILES string of the molecule is Cc1cccc(Nc2nnc(CC(=O)N3CCN(c4cc(C)ccc4C)CC3)s2)c1. The Hall–Kier alpha value is -2.93. The van der Waals surface area contributed by atoms with E-state index in [4.69, 9.17) is 0 Å². The van der Waals surface area contributed by atoms with Crippen LogP contribution in [-0.4, -0.2) is 47.2 Å². The summed E-state index contributed by atoms with van der Waals surface area (Å²) in [4.78, 5) is 17.1. The van der Waals surface area contributed by atoms with Gasteiger partial charge in [0.25, 0.3) is 0 Å². The summed E-state index contributed by atoms with van der Waals surface area (Å²) >= 11 is 1.44. The monoisotopic (exact) mass is 421 g/mol. The van der Waals surface area contributed by atoms with E-state index < -0.39 is 0 Å². The minimum atomic E-state index is 0.119. The molecule has 0 spiro atoms. The Morgan fingerprint density at radius 2 is 1.77 bits per heavy atom. The summed E-state index contributed by atoms with van der Waals surface area (Å²) in [6, 6.07) is 14.6. The molecule has 156 valence electrons. The molecule has 4 rings (SSSR count). The lowest BCUT2D eigenvalue weighted by molar-refractivity contribution is -0.130. The molecule has 1 aliphatic rings. The number of hydrogen-bond donors (Lipinski definition) is 1. The Kier molecular flexibility index (Phi) is 5.99. The van der Waals surface area contributed by atoms with Gasteiger partial charge in [0.2, 0.25) is 11.0 Å². The van der Waals surface area contributed by atoms with Gasteiger partial charge in [0.1, 0.15) is 5.01 Å². The number of piperazine rings is 1. The molecule has 1 amide bonds. The maximum atomic E-state index is 12.8. The lowest BCUT2D eigenvalue weighted by atomic mass is 10.1. The molecule has 6 nitrogen and oxygen atoms in total. The summed E-state index contributed by atoms with van der Waals surface area (Å²) in [5.74, 6) is 0.119. The number of amides is 1. The van der Waals surface area contributed by atoms with Crippen molar-refractivity contribution in [3.05, 3.63) is 64.2 Å². The van der Waals surface area contributed by atoms with Crippen molar-refractivity contribution in [2.24, 2.45) is 0 Å². The minimum absolute atomic E-state index is 0.119. The normalized spacial score (nSPS) is 14.1. The van der Waals surface area contributed by atoms with Gasteiger partial charge in [0, 0.05) is 37.6 Å². The summed E-state index contributed by atoms with van der Waals surface area (Å²) in [5.41, 5.74) is 5.98. The van der Waals surface area contributed by atoms with Gasteiger partial charge in [0.05, 0.1) is 6.42 Å². The molecule has 1 N–H and O–H groups in total. The van der Waals surface area contributed by atoms with E-state index in [1.807, 2.05) is 17.0 Å². The zero-order valence-electron chi connectivity index (χ0n) is 17.7. The topological polar surface area (TPSA) is 61.4 Å². The molecule has 1 aromatic heterocycles.